The van der Waals surface area contributed by atoms with Gasteiger partial charge in [-0.3, -0.25) is 0 Å². The van der Waals surface area contributed by atoms with E-state index in [1.807, 2.05) is 0 Å². The summed E-state index contributed by atoms with van der Waals surface area (Å²) in [6.45, 7) is 0.606. The summed E-state index contributed by atoms with van der Waals surface area (Å²) in [5, 5.41) is 2.87. The molecule has 0 aliphatic carbocycles. The van der Waals surface area contributed by atoms with Gasteiger partial charge in [-0.1, -0.05) is 12.1 Å². The van der Waals surface area contributed by atoms with Gasteiger partial charge in [-0.05, 0) is 17.7 Å². The number of ether oxygens (including phenoxy) is 1. The van der Waals surface area contributed by atoms with E-state index in [0.717, 1.165) is 0 Å². The maximum atomic E-state index is 14.0. The molecule has 0 saturated carbocycles. The minimum atomic E-state index is -1.33. The van der Waals surface area contributed by atoms with Crippen LogP contribution in [0.3, 0.4) is 0 Å². The molecule has 1 aromatic carbocycles. The van der Waals surface area contributed by atoms with E-state index in [1.165, 1.54) is 7.11 Å². The van der Waals surface area contributed by atoms with Crippen molar-refractivity contribution in [2.75, 3.05) is 20.2 Å². The average Bonchev–Trinajstić information content (AvgIpc) is 2.25. The maximum absolute atomic E-state index is 14.0. The molecule has 1 aliphatic rings. The van der Waals surface area contributed by atoms with Crippen LogP contribution in [0.5, 0.6) is 0 Å². The summed E-state index contributed by atoms with van der Waals surface area (Å²) < 4.78 is 18.5. The van der Waals surface area contributed by atoms with Gasteiger partial charge in [0.2, 0.25) is 0 Å². The van der Waals surface area contributed by atoms with E-state index in [4.69, 9.17) is 0 Å². The topological polar surface area (TPSA) is 38.3 Å². The van der Waals surface area contributed by atoms with Crippen LogP contribution in [0.1, 0.15) is 15.9 Å². The van der Waals surface area contributed by atoms with Crippen molar-refractivity contribution in [3.63, 3.8) is 0 Å². The van der Waals surface area contributed by atoms with Crippen LogP contribution in [0.2, 0.25) is 0 Å². The molecule has 1 aromatic rings. The number of methoxy groups -OCH3 is 1. The number of esters is 1. The van der Waals surface area contributed by atoms with Crippen molar-refractivity contribution in [2.24, 2.45) is 0 Å². The van der Waals surface area contributed by atoms with Crippen LogP contribution in [0, 0.1) is 0 Å². The van der Waals surface area contributed by atoms with Crippen LogP contribution in [0.15, 0.2) is 24.3 Å². The molecule has 0 radical (unpaired) electrons. The Morgan fingerprint density at radius 1 is 1.50 bits per heavy atom. The van der Waals surface area contributed by atoms with Gasteiger partial charge in [-0.25, -0.2) is 9.18 Å². The van der Waals surface area contributed by atoms with Crippen molar-refractivity contribution in [3.05, 3.63) is 35.4 Å². The Morgan fingerprint density at radius 2 is 2.19 bits per heavy atom. The second kappa shape index (κ2) is 4.80. The first-order valence-electron chi connectivity index (χ1n) is 4.74. The average molecular weight is 246 g/mol. The SMILES string of the molecule is COC(=O)c1cccc(C2(F)CNC2)c1.Cl. The molecule has 5 heteroatoms. The lowest BCUT2D eigenvalue weighted by Gasteiger charge is -2.35. The first-order chi connectivity index (χ1) is 7.15. The van der Waals surface area contributed by atoms with E-state index in [2.05, 4.69) is 10.1 Å². The van der Waals surface area contributed by atoms with E-state index in [-0.39, 0.29) is 12.4 Å². The number of alkyl halides is 1. The molecule has 16 heavy (non-hydrogen) atoms. The molecule has 0 spiro atoms. The molecular formula is C11H13ClFNO2. The predicted molar refractivity (Wildman–Crippen MR) is 60.7 cm³/mol. The molecule has 1 saturated heterocycles. The van der Waals surface area contributed by atoms with E-state index in [0.29, 0.717) is 24.2 Å². The zero-order chi connectivity index (χ0) is 10.9. The summed E-state index contributed by atoms with van der Waals surface area (Å²) >= 11 is 0. The van der Waals surface area contributed by atoms with Crippen LogP contribution >= 0.6 is 12.4 Å². The van der Waals surface area contributed by atoms with Crippen molar-refractivity contribution >= 4 is 18.4 Å². The maximum Gasteiger partial charge on any atom is 0.337 e. The van der Waals surface area contributed by atoms with E-state index in [9.17, 15) is 9.18 Å². The Labute approximate surface area is 99.4 Å². The molecule has 3 nitrogen and oxygen atoms in total. The third-order valence-corrected chi connectivity index (χ3v) is 2.61. The Balaban J connectivity index is 0.00000128. The molecule has 1 N–H and O–H groups in total. The minimum absolute atomic E-state index is 0. The number of nitrogens with one attached hydrogen (secondary N) is 1. The molecule has 1 aliphatic heterocycles. The van der Waals surface area contributed by atoms with Gasteiger partial charge in [-0.15, -0.1) is 12.4 Å². The Morgan fingerprint density at radius 3 is 2.69 bits per heavy atom. The van der Waals surface area contributed by atoms with Crippen molar-refractivity contribution in [3.8, 4) is 0 Å². The Bertz CT molecular complexity index is 393. The van der Waals surface area contributed by atoms with E-state index < -0.39 is 11.6 Å². The second-order valence-electron chi connectivity index (χ2n) is 3.64. The van der Waals surface area contributed by atoms with Gasteiger partial charge in [0.15, 0.2) is 5.67 Å². The molecule has 0 atom stereocenters. The molecule has 1 heterocycles. The van der Waals surface area contributed by atoms with Gasteiger partial charge in [0.1, 0.15) is 0 Å². The molecule has 0 amide bonds. The number of hydrogen-bond acceptors (Lipinski definition) is 3. The van der Waals surface area contributed by atoms with Gasteiger partial charge >= 0.3 is 5.97 Å². The van der Waals surface area contributed by atoms with Gasteiger partial charge in [0, 0.05) is 13.1 Å². The highest BCUT2D eigenvalue weighted by atomic mass is 35.5. The fourth-order valence-electron chi connectivity index (χ4n) is 1.59. The smallest absolute Gasteiger partial charge is 0.337 e. The molecule has 0 unspecified atom stereocenters. The van der Waals surface area contributed by atoms with Gasteiger partial charge in [0.25, 0.3) is 0 Å². The highest BCUT2D eigenvalue weighted by Crippen LogP contribution is 2.30. The van der Waals surface area contributed by atoms with Gasteiger partial charge in [0.05, 0.1) is 12.7 Å². The molecule has 0 bridgehead atoms. The van der Waals surface area contributed by atoms with Crippen molar-refractivity contribution in [1.29, 1.82) is 0 Å². The molecule has 88 valence electrons. The fourth-order valence-corrected chi connectivity index (χ4v) is 1.59. The number of rotatable bonds is 2. The Kier molecular flexibility index (Phi) is 3.88. The lowest BCUT2D eigenvalue weighted by molar-refractivity contribution is 0.0599. The first kappa shape index (κ1) is 12.9. The van der Waals surface area contributed by atoms with Crippen LogP contribution in [-0.4, -0.2) is 26.2 Å². The minimum Gasteiger partial charge on any atom is -0.465 e. The lowest BCUT2D eigenvalue weighted by Crippen LogP contribution is -2.53. The van der Waals surface area contributed by atoms with Crippen LogP contribution in [0.4, 0.5) is 4.39 Å². The second-order valence-corrected chi connectivity index (χ2v) is 3.64. The quantitative estimate of drug-likeness (QED) is 0.806. The third-order valence-electron chi connectivity index (χ3n) is 2.61. The highest BCUT2D eigenvalue weighted by molar-refractivity contribution is 5.89. The summed E-state index contributed by atoms with van der Waals surface area (Å²) in [5.41, 5.74) is -0.410. The predicted octanol–water partition coefficient (Wildman–Crippen LogP) is 1.66. The third kappa shape index (κ3) is 2.18. The summed E-state index contributed by atoms with van der Waals surface area (Å²) in [4.78, 5) is 11.2. The molecular weight excluding hydrogens is 233 g/mol. The van der Waals surface area contributed by atoms with E-state index >= 15 is 0 Å². The molecule has 2 rings (SSSR count). The lowest BCUT2D eigenvalue weighted by atomic mass is 9.89. The van der Waals surface area contributed by atoms with Gasteiger partial charge < -0.3 is 10.1 Å². The number of benzene rings is 1. The number of carbonyl (C=O) groups excluding carboxylic acids is 1. The summed E-state index contributed by atoms with van der Waals surface area (Å²) in [7, 11) is 1.31. The molecule has 0 aromatic heterocycles. The zero-order valence-electron chi connectivity index (χ0n) is 8.83. The van der Waals surface area contributed by atoms with Crippen molar-refractivity contribution in [2.45, 2.75) is 5.67 Å². The van der Waals surface area contributed by atoms with Crippen LogP contribution < -0.4 is 5.32 Å². The number of hydrogen-bond donors (Lipinski definition) is 1. The largest absolute Gasteiger partial charge is 0.465 e. The molecule has 1 fully saturated rings. The number of carbonyl (C=O) groups is 1. The normalized spacial score (nSPS) is 16.9. The van der Waals surface area contributed by atoms with Crippen LogP contribution in [-0.2, 0) is 10.4 Å². The van der Waals surface area contributed by atoms with Crippen molar-refractivity contribution < 1.29 is 13.9 Å². The van der Waals surface area contributed by atoms with Crippen molar-refractivity contribution in [1.82, 2.24) is 5.32 Å². The highest BCUT2D eigenvalue weighted by Gasteiger charge is 2.38. The Hall–Kier alpha value is -1.13. The van der Waals surface area contributed by atoms with Gasteiger partial charge in [-0.2, -0.15) is 0 Å². The van der Waals surface area contributed by atoms with Crippen LogP contribution in [0.25, 0.3) is 0 Å². The number of halogens is 2. The summed E-state index contributed by atoms with van der Waals surface area (Å²) in [5.74, 6) is -0.437. The fraction of sp³-hybridized carbons (Fsp3) is 0.364. The standard InChI is InChI=1S/C11H12FNO2.ClH/c1-15-10(14)8-3-2-4-9(5-8)11(12)6-13-7-11;/h2-5,13H,6-7H2,1H3;1H. The first-order valence-corrected chi connectivity index (χ1v) is 4.74. The van der Waals surface area contributed by atoms with E-state index in [1.54, 1.807) is 24.3 Å². The summed E-state index contributed by atoms with van der Waals surface area (Å²) in [6.07, 6.45) is 0. The summed E-state index contributed by atoms with van der Waals surface area (Å²) in [6, 6.07) is 6.52. The zero-order valence-corrected chi connectivity index (χ0v) is 9.64. The monoisotopic (exact) mass is 245 g/mol.